The van der Waals surface area contributed by atoms with Crippen LogP contribution in [0.5, 0.6) is 5.75 Å². The summed E-state index contributed by atoms with van der Waals surface area (Å²) >= 11 is 1.29. The molecule has 0 saturated carbocycles. The molecular formula is C13H20N2OS. The molecule has 0 fully saturated rings. The summed E-state index contributed by atoms with van der Waals surface area (Å²) in [5, 5.41) is 7.20. The quantitative estimate of drug-likeness (QED) is 0.492. The number of thioether (sulfide) groups is 1. The summed E-state index contributed by atoms with van der Waals surface area (Å²) in [6.07, 6.45) is 0. The lowest BCUT2D eigenvalue weighted by molar-refractivity contribution is 0.344. The zero-order chi connectivity index (χ0) is 12.9. The standard InChI is InChI=1S/C13H20N2OS/c1-13(2,3)10-4-6-11(7-5-10)16-8-9-17-12(14)15/h4-7H,8-9H2,1-3H3,(H3,14,15). The van der Waals surface area contributed by atoms with Gasteiger partial charge in [0.1, 0.15) is 5.75 Å². The fourth-order valence-corrected chi connectivity index (χ4v) is 1.75. The lowest BCUT2D eigenvalue weighted by atomic mass is 9.87. The molecule has 0 unspecified atom stereocenters. The van der Waals surface area contributed by atoms with Crippen molar-refractivity contribution in [2.24, 2.45) is 5.73 Å². The molecule has 1 rings (SSSR count). The Labute approximate surface area is 107 Å². The average Bonchev–Trinajstić information content (AvgIpc) is 2.23. The highest BCUT2D eigenvalue weighted by molar-refractivity contribution is 8.13. The molecule has 4 heteroatoms. The summed E-state index contributed by atoms with van der Waals surface area (Å²) in [7, 11) is 0. The van der Waals surface area contributed by atoms with E-state index in [1.54, 1.807) is 0 Å². The van der Waals surface area contributed by atoms with Gasteiger partial charge in [-0.1, -0.05) is 44.7 Å². The molecule has 0 heterocycles. The van der Waals surface area contributed by atoms with Crippen LogP contribution in [0, 0.1) is 5.41 Å². The van der Waals surface area contributed by atoms with Crippen LogP contribution >= 0.6 is 11.8 Å². The van der Waals surface area contributed by atoms with E-state index in [1.165, 1.54) is 17.3 Å². The molecule has 0 aliphatic rings. The number of rotatable bonds is 4. The predicted molar refractivity (Wildman–Crippen MR) is 75.0 cm³/mol. The van der Waals surface area contributed by atoms with Crippen LogP contribution in [-0.4, -0.2) is 17.5 Å². The van der Waals surface area contributed by atoms with E-state index < -0.39 is 0 Å². The molecule has 0 amide bonds. The van der Waals surface area contributed by atoms with E-state index in [4.69, 9.17) is 15.9 Å². The first-order valence-electron chi connectivity index (χ1n) is 5.60. The number of ether oxygens (including phenoxy) is 1. The Bertz CT molecular complexity index is 368. The van der Waals surface area contributed by atoms with Crippen LogP contribution in [0.15, 0.2) is 24.3 Å². The molecule has 0 bridgehead atoms. The Morgan fingerprint density at radius 3 is 2.35 bits per heavy atom. The van der Waals surface area contributed by atoms with Crippen molar-refractivity contribution < 1.29 is 4.74 Å². The van der Waals surface area contributed by atoms with Gasteiger partial charge < -0.3 is 10.5 Å². The van der Waals surface area contributed by atoms with E-state index in [9.17, 15) is 0 Å². The van der Waals surface area contributed by atoms with Crippen molar-refractivity contribution >= 4 is 16.9 Å². The molecule has 3 N–H and O–H groups in total. The minimum Gasteiger partial charge on any atom is -0.493 e. The largest absolute Gasteiger partial charge is 0.493 e. The molecule has 1 aromatic rings. The van der Waals surface area contributed by atoms with Crippen LogP contribution in [-0.2, 0) is 5.41 Å². The summed E-state index contributed by atoms with van der Waals surface area (Å²) in [5.41, 5.74) is 6.69. The van der Waals surface area contributed by atoms with Crippen LogP contribution in [0.2, 0.25) is 0 Å². The van der Waals surface area contributed by atoms with Gasteiger partial charge in [-0.25, -0.2) is 0 Å². The van der Waals surface area contributed by atoms with Crippen molar-refractivity contribution in [3.63, 3.8) is 0 Å². The maximum Gasteiger partial charge on any atom is 0.151 e. The summed E-state index contributed by atoms with van der Waals surface area (Å²) in [6.45, 7) is 7.13. The van der Waals surface area contributed by atoms with Gasteiger partial charge in [0.25, 0.3) is 0 Å². The van der Waals surface area contributed by atoms with Crippen LogP contribution in [0.3, 0.4) is 0 Å². The van der Waals surface area contributed by atoms with Crippen molar-refractivity contribution in [1.29, 1.82) is 5.41 Å². The van der Waals surface area contributed by atoms with E-state index in [0.717, 1.165) is 5.75 Å². The Hall–Kier alpha value is -1.16. The molecule has 0 aromatic heterocycles. The van der Waals surface area contributed by atoms with E-state index in [1.807, 2.05) is 12.1 Å². The molecule has 0 saturated heterocycles. The highest BCUT2D eigenvalue weighted by Gasteiger charge is 2.12. The smallest absolute Gasteiger partial charge is 0.151 e. The minimum atomic E-state index is 0.136. The molecule has 17 heavy (non-hydrogen) atoms. The molecule has 0 aliphatic heterocycles. The molecule has 0 aliphatic carbocycles. The van der Waals surface area contributed by atoms with Gasteiger partial charge in [0.2, 0.25) is 0 Å². The number of hydrogen-bond acceptors (Lipinski definition) is 3. The van der Waals surface area contributed by atoms with Gasteiger partial charge in [-0.2, -0.15) is 0 Å². The summed E-state index contributed by atoms with van der Waals surface area (Å²) in [5.74, 6) is 1.57. The van der Waals surface area contributed by atoms with Crippen LogP contribution in [0.1, 0.15) is 26.3 Å². The number of amidine groups is 1. The highest BCUT2D eigenvalue weighted by atomic mass is 32.2. The molecule has 0 spiro atoms. The maximum atomic E-state index is 7.06. The van der Waals surface area contributed by atoms with Crippen molar-refractivity contribution in [1.82, 2.24) is 0 Å². The maximum absolute atomic E-state index is 7.06. The normalized spacial score (nSPS) is 11.2. The third kappa shape index (κ3) is 5.13. The lowest BCUT2D eigenvalue weighted by Gasteiger charge is -2.19. The van der Waals surface area contributed by atoms with Gasteiger partial charge in [-0.3, -0.25) is 5.41 Å². The second kappa shape index (κ2) is 5.96. The Balaban J connectivity index is 2.43. The van der Waals surface area contributed by atoms with Crippen LogP contribution < -0.4 is 10.5 Å². The van der Waals surface area contributed by atoms with Crippen LogP contribution in [0.4, 0.5) is 0 Å². The van der Waals surface area contributed by atoms with Gasteiger partial charge in [-0.15, -0.1) is 0 Å². The Kier molecular flexibility index (Phi) is 4.87. The lowest BCUT2D eigenvalue weighted by Crippen LogP contribution is -2.11. The number of nitrogens with two attached hydrogens (primary N) is 1. The van der Waals surface area contributed by atoms with Gasteiger partial charge in [0, 0.05) is 5.75 Å². The second-order valence-electron chi connectivity index (χ2n) is 4.84. The fourth-order valence-electron chi connectivity index (χ4n) is 1.36. The first-order chi connectivity index (χ1) is 7.89. The molecule has 1 aromatic carbocycles. The van der Waals surface area contributed by atoms with Crippen molar-refractivity contribution in [3.05, 3.63) is 29.8 Å². The molecular weight excluding hydrogens is 232 g/mol. The fraction of sp³-hybridized carbons (Fsp3) is 0.462. The SMILES string of the molecule is CC(C)(C)c1ccc(OCCSC(=N)N)cc1. The first-order valence-corrected chi connectivity index (χ1v) is 6.58. The average molecular weight is 252 g/mol. The number of benzene rings is 1. The zero-order valence-corrected chi connectivity index (χ0v) is 11.4. The molecule has 94 valence electrons. The molecule has 3 nitrogen and oxygen atoms in total. The summed E-state index contributed by atoms with van der Waals surface area (Å²) in [4.78, 5) is 0. The minimum absolute atomic E-state index is 0.136. The van der Waals surface area contributed by atoms with E-state index in [0.29, 0.717) is 12.4 Å². The highest BCUT2D eigenvalue weighted by Crippen LogP contribution is 2.24. The van der Waals surface area contributed by atoms with Crippen molar-refractivity contribution in [2.75, 3.05) is 12.4 Å². The van der Waals surface area contributed by atoms with E-state index in [-0.39, 0.29) is 10.6 Å². The monoisotopic (exact) mass is 252 g/mol. The number of hydrogen-bond donors (Lipinski definition) is 2. The number of nitrogens with one attached hydrogen (secondary N) is 1. The summed E-state index contributed by atoms with van der Waals surface area (Å²) in [6, 6.07) is 8.15. The molecule has 0 radical (unpaired) electrons. The molecule has 0 atom stereocenters. The van der Waals surface area contributed by atoms with E-state index >= 15 is 0 Å². The zero-order valence-electron chi connectivity index (χ0n) is 10.6. The van der Waals surface area contributed by atoms with Gasteiger partial charge in [0.05, 0.1) is 6.61 Å². The van der Waals surface area contributed by atoms with Gasteiger partial charge in [0.15, 0.2) is 5.17 Å². The first kappa shape index (κ1) is 13.9. The van der Waals surface area contributed by atoms with Crippen LogP contribution in [0.25, 0.3) is 0 Å². The predicted octanol–water partition coefficient (Wildman–Crippen LogP) is 2.99. The topological polar surface area (TPSA) is 59.1 Å². The van der Waals surface area contributed by atoms with Crippen molar-refractivity contribution in [3.8, 4) is 5.75 Å². The Morgan fingerprint density at radius 1 is 1.29 bits per heavy atom. The van der Waals surface area contributed by atoms with Gasteiger partial charge >= 0.3 is 0 Å². The summed E-state index contributed by atoms with van der Waals surface area (Å²) < 4.78 is 5.55. The second-order valence-corrected chi connectivity index (χ2v) is 5.97. The Morgan fingerprint density at radius 2 is 1.88 bits per heavy atom. The third-order valence-electron chi connectivity index (χ3n) is 2.33. The van der Waals surface area contributed by atoms with Gasteiger partial charge in [-0.05, 0) is 23.1 Å². The van der Waals surface area contributed by atoms with E-state index in [2.05, 4.69) is 32.9 Å². The van der Waals surface area contributed by atoms with Crippen molar-refractivity contribution in [2.45, 2.75) is 26.2 Å². The third-order valence-corrected chi connectivity index (χ3v) is 3.01.